The van der Waals surface area contributed by atoms with Crippen LogP contribution in [0.3, 0.4) is 0 Å². The molecule has 1 nitrogen and oxygen atoms in total. The molecular weight excluding hydrogens is 205 g/mol. The first-order valence-electron chi connectivity index (χ1n) is 4.34. The molecule has 1 N–H and O–H groups in total. The zero-order chi connectivity index (χ0) is 9.78. The highest BCUT2D eigenvalue weighted by molar-refractivity contribution is 8.29. The minimum atomic E-state index is -0.758. The smallest absolute Gasteiger partial charge is 0.106 e. The summed E-state index contributed by atoms with van der Waals surface area (Å²) >= 11 is 0. The Morgan fingerprint density at radius 1 is 1.25 bits per heavy atom. The van der Waals surface area contributed by atoms with Crippen molar-refractivity contribution < 1.29 is 4.89 Å². The summed E-state index contributed by atoms with van der Waals surface area (Å²) in [5.74, 6) is 1.13. The van der Waals surface area contributed by atoms with Gasteiger partial charge in [-0.3, -0.25) is 0 Å². The van der Waals surface area contributed by atoms with E-state index >= 15 is 0 Å². The molecule has 0 aliphatic rings. The lowest BCUT2D eigenvalue weighted by Gasteiger charge is -2.22. The monoisotopic (exact) mass is 227 g/mol. The largest absolute Gasteiger partial charge is 0.366 e. The van der Waals surface area contributed by atoms with E-state index in [0.29, 0.717) is 0 Å². The van der Waals surface area contributed by atoms with Gasteiger partial charge in [0.15, 0.2) is 0 Å². The first kappa shape index (κ1) is 13.2. The Labute approximate surface area is 80.2 Å². The van der Waals surface area contributed by atoms with Gasteiger partial charge in [-0.05, 0) is 19.8 Å². The van der Waals surface area contributed by atoms with E-state index in [1.807, 2.05) is 0 Å². The van der Waals surface area contributed by atoms with Crippen molar-refractivity contribution in [3.8, 4) is 0 Å². The fourth-order valence-electron chi connectivity index (χ4n) is 1.14. The molecule has 0 saturated carbocycles. The van der Waals surface area contributed by atoms with E-state index in [0.717, 1.165) is 5.90 Å². The Bertz CT molecular complexity index is 125. The Morgan fingerprint density at radius 3 is 2.08 bits per heavy atom. The van der Waals surface area contributed by atoms with Gasteiger partial charge in [0.05, 0.1) is 14.0 Å². The van der Waals surface area contributed by atoms with Gasteiger partial charge in [0.1, 0.15) is 5.90 Å². The van der Waals surface area contributed by atoms with Crippen molar-refractivity contribution in [1.82, 2.24) is 0 Å². The summed E-state index contributed by atoms with van der Waals surface area (Å²) < 4.78 is 0. The molecular formula is C8H22OP3+. The van der Waals surface area contributed by atoms with Crippen LogP contribution in [0.2, 0.25) is 0 Å². The van der Waals surface area contributed by atoms with Crippen LogP contribution in [0.15, 0.2) is 0 Å². The van der Waals surface area contributed by atoms with Gasteiger partial charge in [0.25, 0.3) is 0 Å². The highest BCUT2D eigenvalue weighted by Crippen LogP contribution is 2.71. The SMILES string of the molecule is CCC[P+](C)(C)CP(O)P(C)C. The quantitative estimate of drug-likeness (QED) is 0.710. The lowest BCUT2D eigenvalue weighted by atomic mass is 10.6. The van der Waals surface area contributed by atoms with E-state index in [-0.39, 0.29) is 7.61 Å². The first-order valence-corrected chi connectivity index (χ1v) is 11.8. The molecule has 0 amide bonds. The van der Waals surface area contributed by atoms with Crippen molar-refractivity contribution in [3.63, 3.8) is 0 Å². The molecule has 12 heavy (non-hydrogen) atoms. The van der Waals surface area contributed by atoms with E-state index in [2.05, 4.69) is 33.6 Å². The molecule has 0 spiro atoms. The van der Waals surface area contributed by atoms with Crippen molar-refractivity contribution in [2.24, 2.45) is 0 Å². The molecule has 4 heteroatoms. The normalized spacial score (nSPS) is 15.2. The molecule has 0 aromatic carbocycles. The zero-order valence-electron chi connectivity index (χ0n) is 8.91. The maximum Gasteiger partial charge on any atom is 0.106 e. The minimum absolute atomic E-state index is 0.0886. The second-order valence-electron chi connectivity index (χ2n) is 4.02. The van der Waals surface area contributed by atoms with Crippen molar-refractivity contribution in [2.75, 3.05) is 38.7 Å². The van der Waals surface area contributed by atoms with Crippen molar-refractivity contribution in [3.05, 3.63) is 0 Å². The van der Waals surface area contributed by atoms with Gasteiger partial charge >= 0.3 is 0 Å². The Morgan fingerprint density at radius 2 is 1.75 bits per heavy atom. The second kappa shape index (κ2) is 5.87. The third-order valence-electron chi connectivity index (χ3n) is 1.80. The first-order chi connectivity index (χ1) is 5.39. The summed E-state index contributed by atoms with van der Waals surface area (Å²) in [6.45, 7) is 11.4. The number of hydrogen-bond donors (Lipinski definition) is 1. The molecule has 0 saturated heterocycles. The average Bonchev–Trinajstić information content (AvgIpc) is 1.85. The molecule has 1 unspecified atom stereocenters. The van der Waals surface area contributed by atoms with Crippen LogP contribution >= 0.6 is 22.7 Å². The highest BCUT2D eigenvalue weighted by Gasteiger charge is 2.29. The standard InChI is InChI=1S/C8H22OP3/c1-6-7-12(4,5)8-11(9)10(2)3/h9H,6-8H2,1-5H3/q+1. The van der Waals surface area contributed by atoms with Crippen LogP contribution in [0.4, 0.5) is 0 Å². The van der Waals surface area contributed by atoms with Crippen LogP contribution in [0.1, 0.15) is 13.3 Å². The average molecular weight is 227 g/mol. The van der Waals surface area contributed by atoms with Gasteiger partial charge in [-0.25, -0.2) is 0 Å². The van der Waals surface area contributed by atoms with E-state index in [4.69, 9.17) is 0 Å². The van der Waals surface area contributed by atoms with Gasteiger partial charge in [0, 0.05) is 20.6 Å². The summed E-state index contributed by atoms with van der Waals surface area (Å²) in [4.78, 5) is 9.81. The van der Waals surface area contributed by atoms with Crippen LogP contribution in [0, 0.1) is 0 Å². The third kappa shape index (κ3) is 5.82. The molecule has 0 radical (unpaired) electrons. The maximum absolute atomic E-state index is 9.81. The lowest BCUT2D eigenvalue weighted by Crippen LogP contribution is -1.98. The van der Waals surface area contributed by atoms with E-state index in [1.165, 1.54) is 12.6 Å². The van der Waals surface area contributed by atoms with E-state index in [9.17, 15) is 4.89 Å². The van der Waals surface area contributed by atoms with Crippen molar-refractivity contribution in [1.29, 1.82) is 0 Å². The van der Waals surface area contributed by atoms with Gasteiger partial charge in [0.2, 0.25) is 0 Å². The van der Waals surface area contributed by atoms with Crippen molar-refractivity contribution >= 4 is 22.7 Å². The van der Waals surface area contributed by atoms with Crippen LogP contribution in [-0.4, -0.2) is 43.6 Å². The lowest BCUT2D eigenvalue weighted by molar-refractivity contribution is 0.644. The predicted molar refractivity (Wildman–Crippen MR) is 66.7 cm³/mol. The fraction of sp³-hybridized carbons (Fsp3) is 1.00. The molecule has 0 bridgehead atoms. The molecule has 74 valence electrons. The molecule has 1 atom stereocenters. The molecule has 0 aliphatic carbocycles. The third-order valence-corrected chi connectivity index (χ3v) is 12.4. The topological polar surface area (TPSA) is 20.2 Å². The second-order valence-corrected chi connectivity index (χ2v) is 15.7. The van der Waals surface area contributed by atoms with Crippen LogP contribution in [-0.2, 0) is 0 Å². The van der Waals surface area contributed by atoms with Gasteiger partial charge in [-0.2, -0.15) is 0 Å². The molecule has 0 aromatic heterocycles. The maximum atomic E-state index is 9.81. The predicted octanol–water partition coefficient (Wildman–Crippen LogP) is 3.68. The number of rotatable bonds is 5. The molecule has 0 aliphatic heterocycles. The zero-order valence-corrected chi connectivity index (χ0v) is 11.6. The summed E-state index contributed by atoms with van der Waals surface area (Å²) in [6, 6.07) is 0. The molecule has 0 fully saturated rings. The molecule has 0 heterocycles. The Kier molecular flexibility index (Phi) is 6.48. The highest BCUT2D eigenvalue weighted by atomic mass is 32.1. The summed E-state index contributed by atoms with van der Waals surface area (Å²) in [5, 5.41) is 0. The van der Waals surface area contributed by atoms with Crippen LogP contribution < -0.4 is 0 Å². The van der Waals surface area contributed by atoms with Gasteiger partial charge in [-0.15, -0.1) is 0 Å². The van der Waals surface area contributed by atoms with E-state index < -0.39 is 15.1 Å². The number of hydrogen-bond acceptors (Lipinski definition) is 1. The van der Waals surface area contributed by atoms with Crippen LogP contribution in [0.5, 0.6) is 0 Å². The molecule has 0 rings (SSSR count). The van der Waals surface area contributed by atoms with Crippen LogP contribution in [0.25, 0.3) is 0 Å². The fourth-order valence-corrected chi connectivity index (χ4v) is 12.0. The minimum Gasteiger partial charge on any atom is -0.366 e. The Balaban J connectivity index is 3.87. The summed E-state index contributed by atoms with van der Waals surface area (Å²) in [6.07, 6.45) is 2.62. The van der Waals surface area contributed by atoms with Gasteiger partial charge < -0.3 is 4.89 Å². The van der Waals surface area contributed by atoms with Crippen molar-refractivity contribution in [2.45, 2.75) is 13.3 Å². The van der Waals surface area contributed by atoms with E-state index in [1.54, 1.807) is 0 Å². The summed E-state index contributed by atoms with van der Waals surface area (Å²) in [7, 11) is -1.47. The molecule has 0 aromatic rings. The summed E-state index contributed by atoms with van der Waals surface area (Å²) in [5.41, 5.74) is 0. The Hall–Kier alpha value is 1.25. The van der Waals surface area contributed by atoms with Gasteiger partial charge in [-0.1, -0.05) is 14.5 Å².